The van der Waals surface area contributed by atoms with Crippen molar-refractivity contribution in [2.75, 3.05) is 20.3 Å². The molecule has 1 amide bonds. The molecule has 2 rings (SSSR count). The second-order valence-electron chi connectivity index (χ2n) is 5.78. The number of nitrogens with one attached hydrogen (secondary N) is 1. The number of amides is 1. The smallest absolute Gasteiger partial charge is 0.251 e. The van der Waals surface area contributed by atoms with Crippen LogP contribution in [0, 0.1) is 5.92 Å². The first-order chi connectivity index (χ1) is 11.5. The topological polar surface area (TPSA) is 47.6 Å². The van der Waals surface area contributed by atoms with E-state index < -0.39 is 0 Å². The summed E-state index contributed by atoms with van der Waals surface area (Å²) in [6, 6.07) is 7.32. The van der Waals surface area contributed by atoms with Crippen molar-refractivity contribution >= 4 is 28.8 Å². The maximum atomic E-state index is 12.3. The quantitative estimate of drug-likeness (QED) is 0.751. The van der Waals surface area contributed by atoms with E-state index in [2.05, 4.69) is 25.2 Å². The predicted molar refractivity (Wildman–Crippen MR) is 98.7 cm³/mol. The van der Waals surface area contributed by atoms with Crippen molar-refractivity contribution in [2.24, 2.45) is 5.92 Å². The Morgan fingerprint density at radius 2 is 2.17 bits per heavy atom. The Balaban J connectivity index is 2.03. The lowest BCUT2D eigenvalue weighted by atomic mass is 10.1. The molecule has 4 nitrogen and oxygen atoms in total. The highest BCUT2D eigenvalue weighted by Crippen LogP contribution is 2.36. The van der Waals surface area contributed by atoms with E-state index in [9.17, 15) is 4.79 Å². The van der Waals surface area contributed by atoms with Gasteiger partial charge in [-0.2, -0.15) is 0 Å². The number of benzene rings is 1. The highest BCUT2D eigenvalue weighted by atomic mass is 35.5. The van der Waals surface area contributed by atoms with E-state index in [1.165, 1.54) is 12.0 Å². The summed E-state index contributed by atoms with van der Waals surface area (Å²) in [6.07, 6.45) is 0.809. The lowest BCUT2D eigenvalue weighted by Crippen LogP contribution is -2.25. The first kappa shape index (κ1) is 18.6. The Hall–Kier alpha value is -1.72. The highest BCUT2D eigenvalue weighted by molar-refractivity contribution is 7.09. The normalized spacial score (nSPS) is 10.7. The molecule has 0 saturated heterocycles. The third-order valence-electron chi connectivity index (χ3n) is 3.29. The summed E-state index contributed by atoms with van der Waals surface area (Å²) < 4.78 is 11.0. The molecular formula is C18H22ClNO3S. The fourth-order valence-corrected chi connectivity index (χ4v) is 3.07. The molecule has 0 atom stereocenters. The van der Waals surface area contributed by atoms with Crippen molar-refractivity contribution in [1.29, 1.82) is 0 Å². The molecule has 6 heteroatoms. The number of methoxy groups -OCH3 is 1. The minimum Gasteiger partial charge on any atom is -0.493 e. The molecule has 1 N–H and O–H groups in total. The summed E-state index contributed by atoms with van der Waals surface area (Å²) in [5, 5.41) is 5.30. The largest absolute Gasteiger partial charge is 0.493 e. The number of hydrogen-bond acceptors (Lipinski definition) is 4. The number of carbonyl (C=O) groups is 1. The Morgan fingerprint density at radius 1 is 1.38 bits per heavy atom. The van der Waals surface area contributed by atoms with E-state index in [0.717, 1.165) is 6.42 Å². The lowest BCUT2D eigenvalue weighted by Gasteiger charge is -2.15. The maximum Gasteiger partial charge on any atom is 0.251 e. The van der Waals surface area contributed by atoms with Crippen LogP contribution in [-0.2, 0) is 6.42 Å². The van der Waals surface area contributed by atoms with Crippen molar-refractivity contribution in [3.63, 3.8) is 0 Å². The van der Waals surface area contributed by atoms with Crippen LogP contribution in [0.5, 0.6) is 11.5 Å². The maximum absolute atomic E-state index is 12.3. The van der Waals surface area contributed by atoms with E-state index in [4.69, 9.17) is 21.1 Å². The summed E-state index contributed by atoms with van der Waals surface area (Å²) in [7, 11) is 1.53. The zero-order chi connectivity index (χ0) is 17.5. The molecule has 0 spiro atoms. The summed E-state index contributed by atoms with van der Waals surface area (Å²) in [5.74, 6) is 1.13. The van der Waals surface area contributed by atoms with Gasteiger partial charge in [-0.1, -0.05) is 31.5 Å². The van der Waals surface area contributed by atoms with Gasteiger partial charge >= 0.3 is 0 Å². The van der Waals surface area contributed by atoms with Crippen LogP contribution in [0.15, 0.2) is 29.6 Å². The van der Waals surface area contributed by atoms with Gasteiger partial charge in [0.25, 0.3) is 5.91 Å². The first-order valence-electron chi connectivity index (χ1n) is 7.82. The molecule has 0 saturated carbocycles. The SMILES string of the molecule is COc1cc(C(=O)NCCc2cccs2)cc(Cl)c1OCC(C)C. The second-order valence-corrected chi connectivity index (χ2v) is 7.22. The zero-order valence-corrected chi connectivity index (χ0v) is 15.7. The van der Waals surface area contributed by atoms with Gasteiger partial charge in [-0.3, -0.25) is 4.79 Å². The van der Waals surface area contributed by atoms with Gasteiger partial charge in [0.2, 0.25) is 0 Å². The lowest BCUT2D eigenvalue weighted by molar-refractivity contribution is 0.0953. The molecular weight excluding hydrogens is 346 g/mol. The highest BCUT2D eigenvalue weighted by Gasteiger charge is 2.16. The van der Waals surface area contributed by atoms with Crippen molar-refractivity contribution in [3.05, 3.63) is 45.1 Å². The third-order valence-corrected chi connectivity index (χ3v) is 4.51. The molecule has 0 unspecified atom stereocenters. The van der Waals surface area contributed by atoms with Gasteiger partial charge in [0.15, 0.2) is 11.5 Å². The standard InChI is InChI=1S/C18H22ClNO3S/c1-12(2)11-23-17-15(19)9-13(10-16(17)22-3)18(21)20-7-6-14-5-4-8-24-14/h4-5,8-10,12H,6-7,11H2,1-3H3,(H,20,21). The van der Waals surface area contributed by atoms with Gasteiger partial charge in [-0.05, 0) is 35.9 Å². The Morgan fingerprint density at radius 3 is 2.79 bits per heavy atom. The molecule has 0 radical (unpaired) electrons. The molecule has 1 heterocycles. The third kappa shape index (κ3) is 5.14. The Bertz CT molecular complexity index is 671. The van der Waals surface area contributed by atoms with Crippen molar-refractivity contribution in [3.8, 4) is 11.5 Å². The van der Waals surface area contributed by atoms with Gasteiger partial charge in [-0.15, -0.1) is 11.3 Å². The first-order valence-corrected chi connectivity index (χ1v) is 9.08. The van der Waals surface area contributed by atoms with Crippen LogP contribution in [0.1, 0.15) is 29.1 Å². The molecule has 0 bridgehead atoms. The molecule has 0 fully saturated rings. The van der Waals surface area contributed by atoms with Crippen molar-refractivity contribution in [1.82, 2.24) is 5.32 Å². The number of rotatable bonds is 8. The average molecular weight is 368 g/mol. The van der Waals surface area contributed by atoms with Gasteiger partial charge in [0.1, 0.15) is 0 Å². The summed E-state index contributed by atoms with van der Waals surface area (Å²) in [5.41, 5.74) is 0.458. The molecule has 1 aromatic carbocycles. The Kier molecular flexibility index (Phi) is 6.94. The van der Waals surface area contributed by atoms with E-state index >= 15 is 0 Å². The van der Waals surface area contributed by atoms with E-state index in [1.54, 1.807) is 23.5 Å². The van der Waals surface area contributed by atoms with Gasteiger partial charge in [-0.25, -0.2) is 0 Å². The second kappa shape index (κ2) is 8.94. The van der Waals surface area contributed by atoms with E-state index in [0.29, 0.717) is 41.2 Å². The van der Waals surface area contributed by atoms with Gasteiger partial charge in [0.05, 0.1) is 18.7 Å². The number of thiophene rings is 1. The zero-order valence-electron chi connectivity index (χ0n) is 14.1. The number of carbonyl (C=O) groups excluding carboxylic acids is 1. The van der Waals surface area contributed by atoms with Crippen molar-refractivity contribution < 1.29 is 14.3 Å². The van der Waals surface area contributed by atoms with Crippen molar-refractivity contribution in [2.45, 2.75) is 20.3 Å². The fourth-order valence-electron chi connectivity index (χ4n) is 2.10. The molecule has 2 aromatic rings. The minimum absolute atomic E-state index is 0.179. The number of hydrogen-bond donors (Lipinski definition) is 1. The van der Waals surface area contributed by atoms with E-state index in [-0.39, 0.29) is 5.91 Å². The minimum atomic E-state index is -0.179. The number of ether oxygens (including phenoxy) is 2. The van der Waals surface area contributed by atoms with Gasteiger partial charge < -0.3 is 14.8 Å². The summed E-state index contributed by atoms with van der Waals surface area (Å²) >= 11 is 7.95. The predicted octanol–water partition coefficient (Wildman–Crippen LogP) is 4.42. The van der Waals surface area contributed by atoms with E-state index in [1.807, 2.05) is 11.4 Å². The summed E-state index contributed by atoms with van der Waals surface area (Å²) in [4.78, 5) is 13.5. The molecule has 0 aliphatic carbocycles. The molecule has 130 valence electrons. The monoisotopic (exact) mass is 367 g/mol. The fraction of sp³-hybridized carbons (Fsp3) is 0.389. The molecule has 1 aromatic heterocycles. The molecule has 0 aliphatic rings. The van der Waals surface area contributed by atoms with Gasteiger partial charge in [0, 0.05) is 17.0 Å². The Labute approximate surface area is 151 Å². The van der Waals surface area contributed by atoms with Crippen LogP contribution in [0.4, 0.5) is 0 Å². The molecule has 0 aliphatic heterocycles. The van der Waals surface area contributed by atoms with Crippen LogP contribution in [0.2, 0.25) is 5.02 Å². The average Bonchev–Trinajstić information content (AvgIpc) is 3.06. The van der Waals surface area contributed by atoms with Crippen LogP contribution < -0.4 is 14.8 Å². The van der Waals surface area contributed by atoms with Crippen LogP contribution >= 0.6 is 22.9 Å². The number of halogens is 1. The summed E-state index contributed by atoms with van der Waals surface area (Å²) in [6.45, 7) is 5.21. The van der Waals surface area contributed by atoms with Crippen LogP contribution in [0.25, 0.3) is 0 Å². The van der Waals surface area contributed by atoms with Crippen LogP contribution in [0.3, 0.4) is 0 Å². The molecule has 24 heavy (non-hydrogen) atoms. The van der Waals surface area contributed by atoms with Crippen LogP contribution in [-0.4, -0.2) is 26.2 Å².